The molecule has 32 heavy (non-hydrogen) atoms. The lowest BCUT2D eigenvalue weighted by Gasteiger charge is -2.31. The molecule has 3 aromatic carbocycles. The molecular formula is C23H21F3N2O3S. The first kappa shape index (κ1) is 22.3. The summed E-state index contributed by atoms with van der Waals surface area (Å²) in [5.41, 5.74) is -1.27. The highest BCUT2D eigenvalue weighted by molar-refractivity contribution is 7.89. The number of carbonyl (C=O) groups is 1. The topological polar surface area (TPSA) is 66.5 Å². The Morgan fingerprint density at radius 2 is 1.66 bits per heavy atom. The maximum atomic E-state index is 13.2. The summed E-state index contributed by atoms with van der Waals surface area (Å²) in [6, 6.07) is 17.0. The van der Waals surface area contributed by atoms with E-state index in [2.05, 4.69) is 5.32 Å². The second-order valence-electron chi connectivity index (χ2n) is 7.74. The molecule has 3 aromatic rings. The quantitative estimate of drug-likeness (QED) is 0.600. The third-order valence-corrected chi connectivity index (χ3v) is 7.47. The Bertz CT molecular complexity index is 1260. The molecule has 0 saturated carbocycles. The van der Waals surface area contributed by atoms with Gasteiger partial charge in [0.25, 0.3) is 0 Å². The average molecular weight is 462 g/mol. The molecule has 0 unspecified atom stereocenters. The van der Waals surface area contributed by atoms with E-state index < -0.39 is 33.6 Å². The van der Waals surface area contributed by atoms with Crippen LogP contribution in [0.2, 0.25) is 0 Å². The van der Waals surface area contributed by atoms with Gasteiger partial charge in [0.15, 0.2) is 0 Å². The molecule has 0 radical (unpaired) electrons. The fourth-order valence-corrected chi connectivity index (χ4v) is 5.49. The first-order chi connectivity index (χ1) is 15.2. The van der Waals surface area contributed by atoms with E-state index in [1.807, 2.05) is 24.3 Å². The molecule has 1 aliphatic heterocycles. The van der Waals surface area contributed by atoms with E-state index in [-0.39, 0.29) is 23.7 Å². The van der Waals surface area contributed by atoms with Crippen LogP contribution in [0.1, 0.15) is 18.4 Å². The van der Waals surface area contributed by atoms with Gasteiger partial charge in [-0.3, -0.25) is 4.79 Å². The van der Waals surface area contributed by atoms with Crippen LogP contribution in [0.25, 0.3) is 10.8 Å². The summed E-state index contributed by atoms with van der Waals surface area (Å²) >= 11 is 0. The Morgan fingerprint density at radius 3 is 2.41 bits per heavy atom. The lowest BCUT2D eigenvalue weighted by Crippen LogP contribution is -2.43. The van der Waals surface area contributed by atoms with E-state index in [9.17, 15) is 26.4 Å². The van der Waals surface area contributed by atoms with Gasteiger partial charge in [0, 0.05) is 13.1 Å². The van der Waals surface area contributed by atoms with E-state index in [1.165, 1.54) is 28.6 Å². The monoisotopic (exact) mass is 462 g/mol. The van der Waals surface area contributed by atoms with Crippen LogP contribution < -0.4 is 5.32 Å². The molecule has 0 spiro atoms. The van der Waals surface area contributed by atoms with Crippen molar-refractivity contribution >= 4 is 32.4 Å². The van der Waals surface area contributed by atoms with E-state index >= 15 is 0 Å². The summed E-state index contributed by atoms with van der Waals surface area (Å²) in [7, 11) is -3.85. The van der Waals surface area contributed by atoms with Crippen molar-refractivity contribution in [1.82, 2.24) is 4.31 Å². The zero-order valence-electron chi connectivity index (χ0n) is 17.0. The van der Waals surface area contributed by atoms with Gasteiger partial charge in [-0.15, -0.1) is 0 Å². The second-order valence-corrected chi connectivity index (χ2v) is 9.68. The van der Waals surface area contributed by atoms with Gasteiger partial charge in [-0.1, -0.05) is 42.5 Å². The molecule has 1 aliphatic rings. The largest absolute Gasteiger partial charge is 0.418 e. The minimum absolute atomic E-state index is 0.0881. The van der Waals surface area contributed by atoms with Gasteiger partial charge in [0.1, 0.15) is 0 Å². The van der Waals surface area contributed by atoms with Crippen molar-refractivity contribution in [3.8, 4) is 0 Å². The Morgan fingerprint density at radius 1 is 0.969 bits per heavy atom. The molecule has 5 nitrogen and oxygen atoms in total. The van der Waals surface area contributed by atoms with Crippen molar-refractivity contribution in [3.05, 3.63) is 72.3 Å². The lowest BCUT2D eigenvalue weighted by molar-refractivity contribution is -0.137. The van der Waals surface area contributed by atoms with Crippen LogP contribution in [-0.4, -0.2) is 31.7 Å². The molecule has 0 aromatic heterocycles. The minimum Gasteiger partial charge on any atom is -0.325 e. The Hall–Kier alpha value is -2.91. The number of alkyl halides is 3. The summed E-state index contributed by atoms with van der Waals surface area (Å²) in [4.78, 5) is 12.9. The number of benzene rings is 3. The van der Waals surface area contributed by atoms with Gasteiger partial charge in [-0.05, 0) is 47.9 Å². The number of carbonyl (C=O) groups excluding carboxylic acids is 1. The Kier molecular flexibility index (Phi) is 5.96. The van der Waals surface area contributed by atoms with Crippen molar-refractivity contribution in [2.24, 2.45) is 5.92 Å². The molecule has 1 saturated heterocycles. The van der Waals surface area contributed by atoms with Crippen LogP contribution >= 0.6 is 0 Å². The number of piperidine rings is 1. The molecule has 168 valence electrons. The van der Waals surface area contributed by atoms with Gasteiger partial charge in [-0.25, -0.2) is 8.42 Å². The van der Waals surface area contributed by atoms with Crippen LogP contribution in [0, 0.1) is 5.92 Å². The van der Waals surface area contributed by atoms with Gasteiger partial charge in [0.05, 0.1) is 22.1 Å². The van der Waals surface area contributed by atoms with Crippen LogP contribution in [0.5, 0.6) is 0 Å². The SMILES string of the molecule is O=C(Nc1ccccc1C(F)(F)F)[C@H]1CCCN(S(=O)(=O)c2ccc3ccccc3c2)C1. The number of nitrogens with one attached hydrogen (secondary N) is 1. The van der Waals surface area contributed by atoms with Crippen LogP contribution in [-0.2, 0) is 21.0 Å². The molecule has 1 amide bonds. The lowest BCUT2D eigenvalue weighted by atomic mass is 9.98. The molecule has 9 heteroatoms. The molecular weight excluding hydrogens is 441 g/mol. The predicted molar refractivity (Wildman–Crippen MR) is 116 cm³/mol. The van der Waals surface area contributed by atoms with Crippen LogP contribution in [0.3, 0.4) is 0 Å². The summed E-state index contributed by atoms with van der Waals surface area (Å²) in [5.74, 6) is -1.37. The number of sulfonamides is 1. The van der Waals surface area contributed by atoms with E-state index in [1.54, 1.807) is 12.1 Å². The van der Waals surface area contributed by atoms with Crippen molar-refractivity contribution in [2.45, 2.75) is 23.9 Å². The fourth-order valence-electron chi connectivity index (χ4n) is 3.93. The second kappa shape index (κ2) is 8.55. The normalized spacial score (nSPS) is 17.9. The molecule has 0 aliphatic carbocycles. The van der Waals surface area contributed by atoms with Gasteiger partial charge < -0.3 is 5.32 Å². The third-order valence-electron chi connectivity index (χ3n) is 5.60. The number of anilines is 1. The molecule has 1 fully saturated rings. The standard InChI is InChI=1S/C23H21F3N2O3S/c24-23(25,26)20-9-3-4-10-21(20)27-22(29)18-8-5-13-28(15-18)32(30,31)19-12-11-16-6-1-2-7-17(16)14-19/h1-4,6-7,9-12,14,18H,5,8,13,15H2,(H,27,29)/t18-/m0/s1. The Labute approximate surface area is 183 Å². The van der Waals surface area contributed by atoms with Crippen molar-refractivity contribution in [1.29, 1.82) is 0 Å². The van der Waals surface area contributed by atoms with E-state index in [4.69, 9.17) is 0 Å². The number of nitrogens with zero attached hydrogens (tertiary/aromatic N) is 1. The summed E-state index contributed by atoms with van der Waals surface area (Å²) in [6.07, 6.45) is -3.78. The molecule has 1 heterocycles. The van der Waals surface area contributed by atoms with E-state index in [0.717, 1.165) is 16.8 Å². The number of hydrogen-bond acceptors (Lipinski definition) is 3. The predicted octanol–water partition coefficient (Wildman–Crippen LogP) is 4.90. The van der Waals surface area contributed by atoms with E-state index in [0.29, 0.717) is 12.8 Å². The number of hydrogen-bond donors (Lipinski definition) is 1. The maximum Gasteiger partial charge on any atom is 0.418 e. The smallest absolute Gasteiger partial charge is 0.325 e. The fraction of sp³-hybridized carbons (Fsp3) is 0.261. The molecule has 4 rings (SSSR count). The van der Waals surface area contributed by atoms with Crippen LogP contribution in [0.15, 0.2) is 71.6 Å². The third kappa shape index (κ3) is 4.49. The number of rotatable bonds is 4. The number of amides is 1. The van der Waals surface area contributed by atoms with Crippen molar-refractivity contribution in [2.75, 3.05) is 18.4 Å². The summed E-state index contributed by atoms with van der Waals surface area (Å²) in [5, 5.41) is 4.03. The van der Waals surface area contributed by atoms with Crippen LogP contribution in [0.4, 0.5) is 18.9 Å². The maximum absolute atomic E-state index is 13.2. The average Bonchev–Trinajstić information content (AvgIpc) is 2.78. The van der Waals surface area contributed by atoms with Gasteiger partial charge in [0.2, 0.25) is 15.9 Å². The van der Waals surface area contributed by atoms with Crippen molar-refractivity contribution in [3.63, 3.8) is 0 Å². The number of fused-ring (bicyclic) bond motifs is 1. The highest BCUT2D eigenvalue weighted by Crippen LogP contribution is 2.35. The summed E-state index contributed by atoms with van der Waals surface area (Å²) < 4.78 is 67.3. The van der Waals surface area contributed by atoms with Gasteiger partial charge >= 0.3 is 6.18 Å². The number of para-hydroxylation sites is 1. The number of halogens is 3. The Balaban J connectivity index is 1.53. The minimum atomic E-state index is -4.61. The summed E-state index contributed by atoms with van der Waals surface area (Å²) in [6.45, 7) is 0.160. The zero-order chi connectivity index (χ0) is 22.9. The first-order valence-corrected chi connectivity index (χ1v) is 11.6. The molecule has 1 atom stereocenters. The highest BCUT2D eigenvalue weighted by atomic mass is 32.2. The van der Waals surface area contributed by atoms with Crippen molar-refractivity contribution < 1.29 is 26.4 Å². The zero-order valence-corrected chi connectivity index (χ0v) is 17.8. The first-order valence-electron chi connectivity index (χ1n) is 10.1. The molecule has 1 N–H and O–H groups in total. The highest BCUT2D eigenvalue weighted by Gasteiger charge is 2.36. The molecule has 0 bridgehead atoms. The van der Waals surface area contributed by atoms with Gasteiger partial charge in [-0.2, -0.15) is 17.5 Å².